The summed E-state index contributed by atoms with van der Waals surface area (Å²) in [6.45, 7) is 0.237. The number of hydrogen-bond acceptors (Lipinski definition) is 3. The van der Waals surface area contributed by atoms with Gasteiger partial charge >= 0.3 is 6.09 Å². The van der Waals surface area contributed by atoms with Crippen molar-refractivity contribution in [1.82, 2.24) is 5.32 Å². The molecule has 0 aliphatic rings. The Balaban J connectivity index is 2.53. The van der Waals surface area contributed by atoms with Crippen molar-refractivity contribution in [2.45, 2.75) is 6.42 Å². The Morgan fingerprint density at radius 1 is 1.50 bits per heavy atom. The van der Waals surface area contributed by atoms with Gasteiger partial charge in [0.15, 0.2) is 5.75 Å². The molecule has 0 aliphatic carbocycles. The standard InChI is InChI=1S/C10H8Cl2N2O2/c11-7-2-3-9(8(12)6-7)16-10(15)14-5-1-4-13/h2-3,6H,1,5H2,(H,14,15). The number of hydrogen-bond donors (Lipinski definition) is 1. The quantitative estimate of drug-likeness (QED) is 0.848. The molecule has 84 valence electrons. The molecule has 0 saturated carbocycles. The van der Waals surface area contributed by atoms with Crippen LogP contribution in [0.2, 0.25) is 10.0 Å². The third-order valence-corrected chi connectivity index (χ3v) is 2.13. The van der Waals surface area contributed by atoms with E-state index in [0.29, 0.717) is 5.02 Å². The minimum absolute atomic E-state index is 0.223. The Kier molecular flexibility index (Phi) is 4.90. The van der Waals surface area contributed by atoms with Crippen LogP contribution in [0.15, 0.2) is 18.2 Å². The summed E-state index contributed by atoms with van der Waals surface area (Å²) in [5.74, 6) is 0.223. The molecule has 0 bridgehead atoms. The van der Waals surface area contributed by atoms with Crippen molar-refractivity contribution in [3.8, 4) is 11.8 Å². The second-order valence-electron chi connectivity index (χ2n) is 2.80. The van der Waals surface area contributed by atoms with Gasteiger partial charge in [-0.25, -0.2) is 4.79 Å². The maximum absolute atomic E-state index is 11.2. The summed E-state index contributed by atoms with van der Waals surface area (Å²) < 4.78 is 4.90. The van der Waals surface area contributed by atoms with Gasteiger partial charge in [-0.15, -0.1) is 0 Å². The Labute approximate surface area is 103 Å². The van der Waals surface area contributed by atoms with Gasteiger partial charge in [-0.3, -0.25) is 0 Å². The van der Waals surface area contributed by atoms with Crippen LogP contribution in [0.1, 0.15) is 6.42 Å². The number of benzene rings is 1. The first-order chi connectivity index (χ1) is 7.63. The highest BCUT2D eigenvalue weighted by molar-refractivity contribution is 6.35. The minimum Gasteiger partial charge on any atom is -0.409 e. The van der Waals surface area contributed by atoms with Crippen molar-refractivity contribution in [3.05, 3.63) is 28.2 Å². The third kappa shape index (κ3) is 3.97. The average molecular weight is 259 g/mol. The topological polar surface area (TPSA) is 62.1 Å². The van der Waals surface area contributed by atoms with Gasteiger partial charge in [-0.05, 0) is 18.2 Å². The van der Waals surface area contributed by atoms with Crippen LogP contribution in [0.3, 0.4) is 0 Å². The predicted molar refractivity (Wildman–Crippen MR) is 60.7 cm³/mol. The Morgan fingerprint density at radius 3 is 2.88 bits per heavy atom. The van der Waals surface area contributed by atoms with Gasteiger partial charge in [0.05, 0.1) is 17.5 Å². The van der Waals surface area contributed by atoms with Gasteiger partial charge in [-0.2, -0.15) is 5.26 Å². The number of halogens is 2. The van der Waals surface area contributed by atoms with Gasteiger partial charge in [0.25, 0.3) is 0 Å². The van der Waals surface area contributed by atoms with Crippen molar-refractivity contribution >= 4 is 29.3 Å². The fourth-order valence-electron chi connectivity index (χ4n) is 0.914. The van der Waals surface area contributed by atoms with Crippen molar-refractivity contribution < 1.29 is 9.53 Å². The van der Waals surface area contributed by atoms with Crippen LogP contribution >= 0.6 is 23.2 Å². The number of rotatable bonds is 3. The molecule has 0 aromatic heterocycles. The van der Waals surface area contributed by atoms with E-state index in [1.54, 1.807) is 6.07 Å². The minimum atomic E-state index is -0.653. The molecule has 0 radical (unpaired) electrons. The molecule has 0 aliphatic heterocycles. The highest BCUT2D eigenvalue weighted by Gasteiger charge is 2.07. The summed E-state index contributed by atoms with van der Waals surface area (Å²) >= 11 is 11.5. The molecule has 0 heterocycles. The number of ether oxygens (including phenoxy) is 1. The molecule has 0 saturated heterocycles. The first kappa shape index (κ1) is 12.6. The SMILES string of the molecule is N#CCCNC(=O)Oc1ccc(Cl)cc1Cl. The predicted octanol–water partition coefficient (Wildman–Crippen LogP) is 3.00. The van der Waals surface area contributed by atoms with Gasteiger partial charge < -0.3 is 10.1 Å². The Bertz CT molecular complexity index is 429. The fraction of sp³-hybridized carbons (Fsp3) is 0.200. The maximum atomic E-state index is 11.2. The molecule has 4 nitrogen and oxygen atoms in total. The molecule has 16 heavy (non-hydrogen) atoms. The lowest BCUT2D eigenvalue weighted by atomic mass is 10.3. The zero-order valence-corrected chi connectivity index (χ0v) is 9.68. The molecular formula is C10H8Cl2N2O2. The Morgan fingerprint density at radius 2 is 2.25 bits per heavy atom. The van der Waals surface area contributed by atoms with Gasteiger partial charge in [0.2, 0.25) is 0 Å². The number of carbonyl (C=O) groups is 1. The van der Waals surface area contributed by atoms with E-state index in [9.17, 15) is 4.79 Å². The van der Waals surface area contributed by atoms with Crippen molar-refractivity contribution in [2.75, 3.05) is 6.54 Å². The van der Waals surface area contributed by atoms with E-state index in [0.717, 1.165) is 0 Å². The normalized spacial score (nSPS) is 9.31. The highest BCUT2D eigenvalue weighted by Crippen LogP contribution is 2.27. The smallest absolute Gasteiger partial charge is 0.409 e. The lowest BCUT2D eigenvalue weighted by Crippen LogP contribution is -2.27. The maximum Gasteiger partial charge on any atom is 0.412 e. The Hall–Kier alpha value is -1.44. The summed E-state index contributed by atoms with van der Waals surface area (Å²) in [5, 5.41) is 11.4. The van der Waals surface area contributed by atoms with Gasteiger partial charge in [-0.1, -0.05) is 23.2 Å². The van der Waals surface area contributed by atoms with Crippen molar-refractivity contribution in [2.24, 2.45) is 0 Å². The molecule has 0 atom stereocenters. The molecule has 1 N–H and O–H groups in total. The largest absolute Gasteiger partial charge is 0.412 e. The lowest BCUT2D eigenvalue weighted by Gasteiger charge is -2.06. The lowest BCUT2D eigenvalue weighted by molar-refractivity contribution is 0.201. The van der Waals surface area contributed by atoms with Crippen molar-refractivity contribution in [3.63, 3.8) is 0 Å². The fourth-order valence-corrected chi connectivity index (χ4v) is 1.36. The van der Waals surface area contributed by atoms with E-state index in [4.69, 9.17) is 33.2 Å². The van der Waals surface area contributed by atoms with E-state index in [1.807, 2.05) is 6.07 Å². The van der Waals surface area contributed by atoms with E-state index in [-0.39, 0.29) is 23.7 Å². The molecule has 0 unspecified atom stereocenters. The molecular weight excluding hydrogens is 251 g/mol. The van der Waals surface area contributed by atoms with E-state index >= 15 is 0 Å². The summed E-state index contributed by atoms with van der Waals surface area (Å²) in [4.78, 5) is 11.2. The molecule has 1 aromatic rings. The zero-order valence-electron chi connectivity index (χ0n) is 8.17. The summed E-state index contributed by atoms with van der Waals surface area (Å²) in [6, 6.07) is 6.42. The highest BCUT2D eigenvalue weighted by atomic mass is 35.5. The van der Waals surface area contributed by atoms with Crippen LogP contribution in [0.5, 0.6) is 5.75 Å². The van der Waals surface area contributed by atoms with Crippen LogP contribution in [-0.2, 0) is 0 Å². The van der Waals surface area contributed by atoms with Crippen molar-refractivity contribution in [1.29, 1.82) is 5.26 Å². The summed E-state index contributed by atoms with van der Waals surface area (Å²) in [7, 11) is 0. The van der Waals surface area contributed by atoms with Crippen LogP contribution in [0, 0.1) is 11.3 Å². The van der Waals surface area contributed by atoms with Crippen LogP contribution < -0.4 is 10.1 Å². The molecule has 1 rings (SSSR count). The third-order valence-electron chi connectivity index (χ3n) is 1.60. The molecule has 1 aromatic carbocycles. The summed E-state index contributed by atoms with van der Waals surface area (Å²) in [5.41, 5.74) is 0. The first-order valence-electron chi connectivity index (χ1n) is 4.41. The second-order valence-corrected chi connectivity index (χ2v) is 3.64. The van der Waals surface area contributed by atoms with E-state index in [1.165, 1.54) is 12.1 Å². The number of nitrogens with zero attached hydrogens (tertiary/aromatic N) is 1. The molecule has 0 spiro atoms. The average Bonchev–Trinajstić information content (AvgIpc) is 2.23. The van der Waals surface area contributed by atoms with Crippen LogP contribution in [0.25, 0.3) is 0 Å². The summed E-state index contributed by atoms with van der Waals surface area (Å²) in [6.07, 6.45) is -0.428. The number of carbonyl (C=O) groups excluding carboxylic acids is 1. The number of amides is 1. The molecule has 0 fully saturated rings. The monoisotopic (exact) mass is 258 g/mol. The van der Waals surface area contributed by atoms with E-state index < -0.39 is 6.09 Å². The van der Waals surface area contributed by atoms with Gasteiger partial charge in [0, 0.05) is 11.6 Å². The first-order valence-corrected chi connectivity index (χ1v) is 5.17. The molecule has 6 heteroatoms. The van der Waals surface area contributed by atoms with Crippen LogP contribution in [-0.4, -0.2) is 12.6 Å². The molecule has 1 amide bonds. The van der Waals surface area contributed by atoms with Gasteiger partial charge in [0.1, 0.15) is 0 Å². The van der Waals surface area contributed by atoms with E-state index in [2.05, 4.69) is 5.32 Å². The number of nitrogens with one attached hydrogen (secondary N) is 1. The number of nitriles is 1. The second kappa shape index (κ2) is 6.21. The van der Waals surface area contributed by atoms with Crippen LogP contribution in [0.4, 0.5) is 4.79 Å². The zero-order chi connectivity index (χ0) is 12.0.